The molecule has 2 aliphatic rings. The molecule has 0 saturated carbocycles. The van der Waals surface area contributed by atoms with Gasteiger partial charge in [0.05, 0.1) is 11.6 Å². The maximum absolute atomic E-state index is 12.7. The highest BCUT2D eigenvalue weighted by atomic mass is 16.2. The fourth-order valence-corrected chi connectivity index (χ4v) is 3.80. The molecule has 0 aliphatic carbocycles. The smallest absolute Gasteiger partial charge is 0.244 e. The molecule has 6 heteroatoms. The Bertz CT molecular complexity index is 602. The molecule has 0 spiro atoms. The van der Waals surface area contributed by atoms with Crippen LogP contribution >= 0.6 is 0 Å². The summed E-state index contributed by atoms with van der Waals surface area (Å²) in [5.74, 6) is 0.290. The molecule has 2 fully saturated rings. The van der Waals surface area contributed by atoms with Gasteiger partial charge >= 0.3 is 0 Å². The average Bonchev–Trinajstić information content (AvgIpc) is 3.04. The second-order valence-electron chi connectivity index (χ2n) is 7.15. The van der Waals surface area contributed by atoms with E-state index in [-0.39, 0.29) is 24.3 Å². The molecule has 2 saturated heterocycles. The number of hydrogen-bond donors (Lipinski definition) is 0. The normalized spacial score (nSPS) is 21.8. The molecule has 6 nitrogen and oxygen atoms in total. The van der Waals surface area contributed by atoms with E-state index >= 15 is 0 Å². The van der Waals surface area contributed by atoms with Crippen LogP contribution in [-0.2, 0) is 16.1 Å². The second kappa shape index (κ2) is 7.36. The summed E-state index contributed by atoms with van der Waals surface area (Å²) >= 11 is 0. The van der Waals surface area contributed by atoms with Crippen molar-refractivity contribution in [3.8, 4) is 0 Å². The molecule has 0 aromatic carbocycles. The monoisotopic (exact) mass is 332 g/mol. The van der Waals surface area contributed by atoms with Crippen molar-refractivity contribution < 1.29 is 9.59 Å². The maximum Gasteiger partial charge on any atom is 0.244 e. The summed E-state index contributed by atoms with van der Waals surface area (Å²) in [7, 11) is 0. The summed E-state index contributed by atoms with van der Waals surface area (Å²) in [6.07, 6.45) is 5.46. The Balaban J connectivity index is 1.55. The standard InChI is InChI=1S/C18H28N4O2/c1-14-11-15(2)22(19-14)13-17(23)21-10-7-16(12-21)18(24)20-8-5-3-4-6-9-20/h11,16H,3-10,12-13H2,1-2H3/t16-/m1/s1. The first-order valence-corrected chi connectivity index (χ1v) is 9.12. The first kappa shape index (κ1) is 17.0. The van der Waals surface area contributed by atoms with E-state index in [0.717, 1.165) is 43.7 Å². The molecule has 0 bridgehead atoms. The van der Waals surface area contributed by atoms with Crippen LogP contribution in [0.3, 0.4) is 0 Å². The van der Waals surface area contributed by atoms with E-state index in [4.69, 9.17) is 0 Å². The van der Waals surface area contributed by atoms with Crippen molar-refractivity contribution in [2.75, 3.05) is 26.2 Å². The third-order valence-corrected chi connectivity index (χ3v) is 5.20. The van der Waals surface area contributed by atoms with E-state index in [9.17, 15) is 9.59 Å². The predicted octanol–water partition coefficient (Wildman–Crippen LogP) is 1.75. The van der Waals surface area contributed by atoms with Gasteiger partial charge in [-0.1, -0.05) is 12.8 Å². The minimum atomic E-state index is -0.0208. The van der Waals surface area contributed by atoms with Gasteiger partial charge in [0.2, 0.25) is 11.8 Å². The number of rotatable bonds is 3. The number of aromatic nitrogens is 2. The van der Waals surface area contributed by atoms with Crippen LogP contribution < -0.4 is 0 Å². The summed E-state index contributed by atoms with van der Waals surface area (Å²) < 4.78 is 1.75. The Labute approximate surface area is 143 Å². The van der Waals surface area contributed by atoms with Crippen LogP contribution in [0, 0.1) is 19.8 Å². The minimum absolute atomic E-state index is 0.0208. The third-order valence-electron chi connectivity index (χ3n) is 5.20. The Morgan fingerprint density at radius 1 is 1.08 bits per heavy atom. The van der Waals surface area contributed by atoms with Crippen molar-refractivity contribution in [3.63, 3.8) is 0 Å². The second-order valence-corrected chi connectivity index (χ2v) is 7.15. The van der Waals surface area contributed by atoms with E-state index < -0.39 is 0 Å². The molecular weight excluding hydrogens is 304 g/mol. The van der Waals surface area contributed by atoms with Crippen LogP contribution in [0.4, 0.5) is 0 Å². The Morgan fingerprint density at radius 3 is 2.42 bits per heavy atom. The number of nitrogens with zero attached hydrogens (tertiary/aromatic N) is 4. The molecule has 3 rings (SSSR count). The van der Waals surface area contributed by atoms with Crippen LogP contribution in [0.15, 0.2) is 6.07 Å². The summed E-state index contributed by atoms with van der Waals surface area (Å²) in [6.45, 7) is 7.17. The molecule has 3 heterocycles. The lowest BCUT2D eigenvalue weighted by molar-refractivity contribution is -0.135. The summed E-state index contributed by atoms with van der Waals surface area (Å²) in [5.41, 5.74) is 1.92. The Hall–Kier alpha value is -1.85. The molecule has 1 atom stereocenters. The lowest BCUT2D eigenvalue weighted by Crippen LogP contribution is -2.39. The van der Waals surface area contributed by atoms with Gasteiger partial charge in [0.25, 0.3) is 0 Å². The molecule has 0 unspecified atom stereocenters. The van der Waals surface area contributed by atoms with E-state index in [2.05, 4.69) is 5.10 Å². The van der Waals surface area contributed by atoms with E-state index in [1.54, 1.807) is 4.68 Å². The zero-order chi connectivity index (χ0) is 17.1. The quantitative estimate of drug-likeness (QED) is 0.847. The van der Waals surface area contributed by atoms with Gasteiger partial charge in [-0.15, -0.1) is 0 Å². The first-order chi connectivity index (χ1) is 11.5. The average molecular weight is 332 g/mol. The van der Waals surface area contributed by atoms with Gasteiger partial charge in [0.15, 0.2) is 0 Å². The lowest BCUT2D eigenvalue weighted by Gasteiger charge is -2.24. The van der Waals surface area contributed by atoms with Gasteiger partial charge in [-0.25, -0.2) is 0 Å². The number of carbonyl (C=O) groups is 2. The van der Waals surface area contributed by atoms with Crippen molar-refractivity contribution in [3.05, 3.63) is 17.5 Å². The molecule has 1 aromatic heterocycles. The fraction of sp³-hybridized carbons (Fsp3) is 0.722. The summed E-state index contributed by atoms with van der Waals surface area (Å²) in [6, 6.07) is 1.98. The number of hydrogen-bond acceptors (Lipinski definition) is 3. The predicted molar refractivity (Wildman–Crippen MR) is 91.4 cm³/mol. The van der Waals surface area contributed by atoms with Gasteiger partial charge < -0.3 is 9.80 Å². The molecule has 0 radical (unpaired) electrons. The van der Waals surface area contributed by atoms with Crippen LogP contribution in [0.2, 0.25) is 0 Å². The van der Waals surface area contributed by atoms with Gasteiger partial charge in [0.1, 0.15) is 6.54 Å². The Kier molecular flexibility index (Phi) is 5.21. The molecule has 1 aromatic rings. The highest BCUT2D eigenvalue weighted by Gasteiger charge is 2.33. The molecular formula is C18H28N4O2. The number of likely N-dealkylation sites (tertiary alicyclic amines) is 2. The summed E-state index contributed by atoms with van der Waals surface area (Å²) in [4.78, 5) is 29.1. The van der Waals surface area contributed by atoms with Gasteiger partial charge in [-0.05, 0) is 39.2 Å². The summed E-state index contributed by atoms with van der Waals surface area (Å²) in [5, 5.41) is 4.35. The van der Waals surface area contributed by atoms with E-state index in [1.165, 1.54) is 12.8 Å². The fourth-order valence-electron chi connectivity index (χ4n) is 3.80. The molecule has 24 heavy (non-hydrogen) atoms. The highest BCUT2D eigenvalue weighted by molar-refractivity contribution is 5.82. The van der Waals surface area contributed by atoms with Crippen LogP contribution in [0.5, 0.6) is 0 Å². The van der Waals surface area contributed by atoms with Crippen LogP contribution in [-0.4, -0.2) is 57.6 Å². The zero-order valence-electron chi connectivity index (χ0n) is 14.8. The molecule has 132 valence electrons. The van der Waals surface area contributed by atoms with Crippen molar-refractivity contribution in [1.82, 2.24) is 19.6 Å². The molecule has 2 amide bonds. The van der Waals surface area contributed by atoms with Crippen molar-refractivity contribution in [1.29, 1.82) is 0 Å². The number of carbonyl (C=O) groups excluding carboxylic acids is 2. The molecule has 2 aliphatic heterocycles. The van der Waals surface area contributed by atoms with Gasteiger partial charge in [-0.3, -0.25) is 14.3 Å². The van der Waals surface area contributed by atoms with Crippen molar-refractivity contribution in [2.45, 2.75) is 52.5 Å². The van der Waals surface area contributed by atoms with Crippen LogP contribution in [0.25, 0.3) is 0 Å². The van der Waals surface area contributed by atoms with Gasteiger partial charge in [-0.2, -0.15) is 5.10 Å². The van der Waals surface area contributed by atoms with E-state index in [0.29, 0.717) is 13.1 Å². The topological polar surface area (TPSA) is 58.4 Å². The van der Waals surface area contributed by atoms with Crippen molar-refractivity contribution in [2.24, 2.45) is 5.92 Å². The first-order valence-electron chi connectivity index (χ1n) is 9.12. The largest absolute Gasteiger partial charge is 0.342 e. The minimum Gasteiger partial charge on any atom is -0.342 e. The maximum atomic E-state index is 12.7. The third kappa shape index (κ3) is 3.79. The molecule has 0 N–H and O–H groups in total. The lowest BCUT2D eigenvalue weighted by atomic mass is 10.1. The zero-order valence-corrected chi connectivity index (χ0v) is 14.8. The highest BCUT2D eigenvalue weighted by Crippen LogP contribution is 2.21. The number of aryl methyl sites for hydroxylation is 2. The SMILES string of the molecule is Cc1cc(C)n(CC(=O)N2CC[C@@H](C(=O)N3CCCCCC3)C2)n1. The van der Waals surface area contributed by atoms with Gasteiger partial charge in [0, 0.05) is 31.9 Å². The number of amides is 2. The van der Waals surface area contributed by atoms with E-state index in [1.807, 2.05) is 29.7 Å². The van der Waals surface area contributed by atoms with Crippen molar-refractivity contribution >= 4 is 11.8 Å². The Morgan fingerprint density at radius 2 is 1.79 bits per heavy atom. The van der Waals surface area contributed by atoms with Crippen LogP contribution in [0.1, 0.15) is 43.5 Å².